The third-order valence-corrected chi connectivity index (χ3v) is 3.24. The van der Waals surface area contributed by atoms with Gasteiger partial charge in [-0.1, -0.05) is 35.0 Å². The number of ether oxygens (including phenoxy) is 1. The number of benzene rings is 1. The van der Waals surface area contributed by atoms with Crippen molar-refractivity contribution in [3.8, 4) is 0 Å². The fourth-order valence-electron chi connectivity index (χ4n) is 2.06. The average molecular weight is 262 g/mol. The summed E-state index contributed by atoms with van der Waals surface area (Å²) in [6.45, 7) is 9.22. The van der Waals surface area contributed by atoms with E-state index >= 15 is 0 Å². The van der Waals surface area contributed by atoms with Gasteiger partial charge in [0, 0.05) is 19.6 Å². The second kappa shape index (κ2) is 7.26. The third kappa shape index (κ3) is 4.65. The summed E-state index contributed by atoms with van der Waals surface area (Å²) in [4.78, 5) is 7.73. The lowest BCUT2D eigenvalue weighted by molar-refractivity contribution is 0.0212. The molecule has 0 atom stereocenters. The van der Waals surface area contributed by atoms with Crippen molar-refractivity contribution < 1.29 is 9.57 Å². The van der Waals surface area contributed by atoms with Crippen LogP contribution in [0.4, 0.5) is 0 Å². The third-order valence-electron chi connectivity index (χ3n) is 3.24. The molecular weight excluding hydrogens is 240 g/mol. The van der Waals surface area contributed by atoms with Gasteiger partial charge >= 0.3 is 0 Å². The topological polar surface area (TPSA) is 34.1 Å². The van der Waals surface area contributed by atoms with Crippen LogP contribution in [0.2, 0.25) is 0 Å². The smallest absolute Gasteiger partial charge is 0.129 e. The van der Waals surface area contributed by atoms with Gasteiger partial charge in [0.1, 0.15) is 6.61 Å². The van der Waals surface area contributed by atoms with E-state index in [1.807, 2.05) is 13.0 Å². The molecule has 104 valence electrons. The zero-order valence-electron chi connectivity index (χ0n) is 11.8. The molecule has 1 heterocycles. The molecule has 0 bridgehead atoms. The normalized spacial score (nSPS) is 17.5. The zero-order chi connectivity index (χ0) is 13.5. The highest BCUT2D eigenvalue weighted by Gasteiger charge is 2.09. The van der Waals surface area contributed by atoms with Crippen LogP contribution in [0.25, 0.3) is 0 Å². The van der Waals surface area contributed by atoms with Crippen molar-refractivity contribution in [2.45, 2.75) is 13.8 Å². The molecule has 0 amide bonds. The monoisotopic (exact) mass is 262 g/mol. The van der Waals surface area contributed by atoms with Crippen molar-refractivity contribution in [2.75, 3.05) is 39.5 Å². The summed E-state index contributed by atoms with van der Waals surface area (Å²) in [6, 6.07) is 8.29. The maximum Gasteiger partial charge on any atom is 0.129 e. The van der Waals surface area contributed by atoms with E-state index in [2.05, 4.69) is 35.2 Å². The highest BCUT2D eigenvalue weighted by atomic mass is 16.6. The van der Waals surface area contributed by atoms with Gasteiger partial charge in [0.2, 0.25) is 0 Å². The minimum absolute atomic E-state index is 0.628. The summed E-state index contributed by atoms with van der Waals surface area (Å²) < 4.78 is 5.30. The minimum atomic E-state index is 0.628. The molecule has 4 nitrogen and oxygen atoms in total. The van der Waals surface area contributed by atoms with E-state index in [1.165, 1.54) is 5.56 Å². The first-order chi connectivity index (χ1) is 9.25. The number of aryl methyl sites for hydroxylation is 1. The van der Waals surface area contributed by atoms with Gasteiger partial charge in [-0.2, -0.15) is 0 Å². The van der Waals surface area contributed by atoms with Gasteiger partial charge in [0.15, 0.2) is 0 Å². The standard InChI is InChI=1S/C15H22N2O2/c1-13-4-3-5-15(12-13)14(2)16-19-11-8-17-6-9-18-10-7-17/h3-5,12H,6-11H2,1-2H3/b16-14+. The van der Waals surface area contributed by atoms with Gasteiger partial charge in [-0.05, 0) is 19.4 Å². The molecule has 0 N–H and O–H groups in total. The predicted molar refractivity (Wildman–Crippen MR) is 76.6 cm³/mol. The lowest BCUT2D eigenvalue weighted by Gasteiger charge is -2.25. The van der Waals surface area contributed by atoms with Crippen LogP contribution >= 0.6 is 0 Å². The van der Waals surface area contributed by atoms with Crippen molar-refractivity contribution in [1.29, 1.82) is 0 Å². The summed E-state index contributed by atoms with van der Waals surface area (Å²) in [6.07, 6.45) is 0. The van der Waals surface area contributed by atoms with Crippen LogP contribution < -0.4 is 0 Å². The SMILES string of the molecule is C/C(=N\OCCN1CCOCC1)c1cccc(C)c1. The Bertz CT molecular complexity index is 426. The molecule has 0 spiro atoms. The van der Waals surface area contributed by atoms with E-state index in [-0.39, 0.29) is 0 Å². The molecule has 19 heavy (non-hydrogen) atoms. The van der Waals surface area contributed by atoms with Crippen LogP contribution in [0.3, 0.4) is 0 Å². The van der Waals surface area contributed by atoms with Gasteiger partial charge in [-0.25, -0.2) is 0 Å². The fourth-order valence-corrected chi connectivity index (χ4v) is 2.06. The van der Waals surface area contributed by atoms with Gasteiger partial charge < -0.3 is 9.57 Å². The van der Waals surface area contributed by atoms with E-state index in [9.17, 15) is 0 Å². The number of hydrogen-bond acceptors (Lipinski definition) is 4. The molecule has 2 rings (SSSR count). The lowest BCUT2D eigenvalue weighted by Crippen LogP contribution is -2.38. The maximum atomic E-state index is 5.40. The van der Waals surface area contributed by atoms with E-state index in [4.69, 9.17) is 9.57 Å². The summed E-state index contributed by atoms with van der Waals surface area (Å²) in [5.41, 5.74) is 3.28. The zero-order valence-corrected chi connectivity index (χ0v) is 11.8. The molecule has 0 radical (unpaired) electrons. The van der Waals surface area contributed by atoms with Crippen LogP contribution in [-0.2, 0) is 9.57 Å². The Morgan fingerprint density at radius 3 is 2.89 bits per heavy atom. The first kappa shape index (κ1) is 14.0. The van der Waals surface area contributed by atoms with Gasteiger partial charge in [-0.15, -0.1) is 0 Å². The number of nitrogens with zero attached hydrogens (tertiary/aromatic N) is 2. The summed E-state index contributed by atoms with van der Waals surface area (Å²) in [7, 11) is 0. The molecule has 0 aliphatic carbocycles. The number of morpholine rings is 1. The molecule has 1 aromatic rings. The Hall–Kier alpha value is -1.39. The lowest BCUT2D eigenvalue weighted by atomic mass is 10.1. The van der Waals surface area contributed by atoms with E-state index < -0.39 is 0 Å². The number of hydrogen-bond donors (Lipinski definition) is 0. The Labute approximate surface area is 115 Å². The summed E-state index contributed by atoms with van der Waals surface area (Å²) in [5.74, 6) is 0. The molecule has 1 aliphatic rings. The van der Waals surface area contributed by atoms with Crippen LogP contribution in [0.15, 0.2) is 29.4 Å². The highest BCUT2D eigenvalue weighted by Crippen LogP contribution is 2.05. The van der Waals surface area contributed by atoms with Crippen LogP contribution in [0.5, 0.6) is 0 Å². The van der Waals surface area contributed by atoms with Crippen molar-refractivity contribution in [1.82, 2.24) is 4.90 Å². The van der Waals surface area contributed by atoms with Gasteiger partial charge in [0.05, 0.1) is 18.9 Å². The minimum Gasteiger partial charge on any atom is -0.394 e. The fraction of sp³-hybridized carbons (Fsp3) is 0.533. The molecule has 1 aromatic carbocycles. The highest BCUT2D eigenvalue weighted by molar-refractivity contribution is 5.98. The Balaban J connectivity index is 1.75. The van der Waals surface area contributed by atoms with Crippen LogP contribution in [0.1, 0.15) is 18.1 Å². The number of oxime groups is 1. The first-order valence-corrected chi connectivity index (χ1v) is 6.79. The number of rotatable bonds is 5. The second-order valence-electron chi connectivity index (χ2n) is 4.83. The maximum absolute atomic E-state index is 5.40. The van der Waals surface area contributed by atoms with Gasteiger partial charge in [0.25, 0.3) is 0 Å². The Morgan fingerprint density at radius 2 is 2.16 bits per heavy atom. The summed E-state index contributed by atoms with van der Waals surface area (Å²) in [5, 5.41) is 4.18. The van der Waals surface area contributed by atoms with Crippen molar-refractivity contribution in [3.63, 3.8) is 0 Å². The molecule has 0 unspecified atom stereocenters. The second-order valence-corrected chi connectivity index (χ2v) is 4.83. The van der Waals surface area contributed by atoms with Crippen molar-refractivity contribution >= 4 is 5.71 Å². The Morgan fingerprint density at radius 1 is 1.37 bits per heavy atom. The average Bonchev–Trinajstić information content (AvgIpc) is 2.44. The van der Waals surface area contributed by atoms with E-state index in [0.717, 1.165) is 44.1 Å². The molecule has 1 aliphatic heterocycles. The largest absolute Gasteiger partial charge is 0.394 e. The van der Waals surface area contributed by atoms with Crippen molar-refractivity contribution in [2.24, 2.45) is 5.16 Å². The summed E-state index contributed by atoms with van der Waals surface area (Å²) >= 11 is 0. The van der Waals surface area contributed by atoms with Crippen LogP contribution in [-0.4, -0.2) is 50.1 Å². The molecule has 0 aromatic heterocycles. The molecule has 4 heteroatoms. The first-order valence-electron chi connectivity index (χ1n) is 6.79. The molecular formula is C15H22N2O2. The van der Waals surface area contributed by atoms with E-state index in [1.54, 1.807) is 0 Å². The molecule has 1 saturated heterocycles. The predicted octanol–water partition coefficient (Wildman–Crippen LogP) is 2.07. The van der Waals surface area contributed by atoms with Crippen molar-refractivity contribution in [3.05, 3.63) is 35.4 Å². The molecule has 1 fully saturated rings. The van der Waals surface area contributed by atoms with E-state index in [0.29, 0.717) is 6.61 Å². The quantitative estimate of drug-likeness (QED) is 0.463. The van der Waals surface area contributed by atoms with Crippen LogP contribution in [0, 0.1) is 6.92 Å². The Kier molecular flexibility index (Phi) is 5.36. The van der Waals surface area contributed by atoms with Gasteiger partial charge in [-0.3, -0.25) is 4.90 Å². The molecule has 0 saturated carbocycles.